The number of esters is 1. The first kappa shape index (κ1) is 22.5. The van der Waals surface area contributed by atoms with Crippen LogP contribution in [-0.4, -0.2) is 25.5 Å². The topological polar surface area (TPSA) is 84.5 Å². The maximum atomic E-state index is 15.3. The Morgan fingerprint density at radius 3 is 2.29 bits per heavy atom. The molecule has 8 nitrogen and oxygen atoms in total. The highest BCUT2D eigenvalue weighted by molar-refractivity contribution is 6.31. The Morgan fingerprint density at radius 2 is 1.71 bits per heavy atom. The van der Waals surface area contributed by atoms with Crippen LogP contribution in [0.1, 0.15) is 54.3 Å². The molecule has 0 N–H and O–H groups in total. The number of carbonyl (C=O) groups excluding carboxylic acids is 1. The fraction of sp³-hybridized carbons (Fsp3) is 0.375. The van der Waals surface area contributed by atoms with Crippen molar-refractivity contribution in [2.24, 2.45) is 0 Å². The predicted octanol–water partition coefficient (Wildman–Crippen LogP) is 3.76. The van der Waals surface area contributed by atoms with E-state index in [2.05, 4.69) is 0 Å². The standard InChI is InChI=1S/C24H23ClFN3O5/c1-13-6-8-14(9-7-13)21(30)33-20-17-15(25)12-16(26)18(19(17)34-24(20,2)3)29-22(31)27-10-4-5-11-28(27)23(29)32/h6-9,12,20H,4-5,10-11H2,1-3H3/t20-/m0/s1. The second-order valence-corrected chi connectivity index (χ2v) is 9.55. The molecule has 2 aliphatic rings. The van der Waals surface area contributed by atoms with Gasteiger partial charge in [-0.3, -0.25) is 0 Å². The summed E-state index contributed by atoms with van der Waals surface area (Å²) < 4.78 is 30.5. The zero-order valence-electron chi connectivity index (χ0n) is 18.9. The van der Waals surface area contributed by atoms with E-state index in [4.69, 9.17) is 21.1 Å². The molecule has 0 aliphatic carbocycles. The van der Waals surface area contributed by atoms with Crippen LogP contribution in [0.5, 0.6) is 5.75 Å². The van der Waals surface area contributed by atoms with Crippen molar-refractivity contribution in [2.45, 2.75) is 58.4 Å². The third kappa shape index (κ3) is 3.37. The normalized spacial score (nSPS) is 18.2. The number of hydrogen-bond donors (Lipinski definition) is 0. The Bertz CT molecular complexity index is 1400. The first-order valence-electron chi connectivity index (χ1n) is 11.0. The summed E-state index contributed by atoms with van der Waals surface area (Å²) in [5.41, 5.74) is -1.25. The summed E-state index contributed by atoms with van der Waals surface area (Å²) in [5, 5.41) is -0.0272. The fourth-order valence-electron chi connectivity index (χ4n) is 4.55. The molecule has 2 aromatic carbocycles. The van der Waals surface area contributed by atoms with Crippen LogP contribution in [0.3, 0.4) is 0 Å². The molecule has 0 amide bonds. The molecule has 3 heterocycles. The lowest BCUT2D eigenvalue weighted by molar-refractivity contribution is -0.0301. The number of halogens is 2. The van der Waals surface area contributed by atoms with Crippen LogP contribution in [0.25, 0.3) is 5.69 Å². The third-order valence-corrected chi connectivity index (χ3v) is 6.61. The van der Waals surface area contributed by atoms with Crippen molar-refractivity contribution in [1.29, 1.82) is 0 Å². The second kappa shape index (κ2) is 7.87. The Labute approximate surface area is 199 Å². The number of carbonyl (C=O) groups is 1. The van der Waals surface area contributed by atoms with Gasteiger partial charge >= 0.3 is 17.3 Å². The van der Waals surface area contributed by atoms with E-state index in [-0.39, 0.29) is 22.0 Å². The zero-order chi connectivity index (χ0) is 24.4. The number of hydrogen-bond acceptors (Lipinski definition) is 5. The molecule has 0 unspecified atom stereocenters. The van der Waals surface area contributed by atoms with Crippen LogP contribution in [0, 0.1) is 12.7 Å². The minimum absolute atomic E-state index is 0.0272. The van der Waals surface area contributed by atoms with E-state index in [9.17, 15) is 14.4 Å². The average Bonchev–Trinajstić information content (AvgIpc) is 3.19. The monoisotopic (exact) mass is 487 g/mol. The summed E-state index contributed by atoms with van der Waals surface area (Å²) in [6, 6.07) is 7.88. The molecule has 178 valence electrons. The zero-order valence-corrected chi connectivity index (χ0v) is 19.7. The van der Waals surface area contributed by atoms with Gasteiger partial charge in [0.2, 0.25) is 0 Å². The first-order valence-corrected chi connectivity index (χ1v) is 11.4. The van der Waals surface area contributed by atoms with Gasteiger partial charge in [0.1, 0.15) is 11.3 Å². The van der Waals surface area contributed by atoms with E-state index in [0.29, 0.717) is 18.7 Å². The summed E-state index contributed by atoms with van der Waals surface area (Å²) in [6.07, 6.45) is 0.481. The van der Waals surface area contributed by atoms with Gasteiger partial charge in [-0.25, -0.2) is 32.7 Å². The highest BCUT2D eigenvalue weighted by Crippen LogP contribution is 2.51. The molecule has 1 atom stereocenters. The number of aromatic nitrogens is 3. The van der Waals surface area contributed by atoms with Gasteiger partial charge in [-0.15, -0.1) is 0 Å². The van der Waals surface area contributed by atoms with Crippen LogP contribution in [0.4, 0.5) is 4.39 Å². The fourth-order valence-corrected chi connectivity index (χ4v) is 4.83. The molecule has 3 aromatic rings. The van der Waals surface area contributed by atoms with Crippen molar-refractivity contribution in [2.75, 3.05) is 0 Å². The molecular weight excluding hydrogens is 465 g/mol. The molecule has 5 rings (SSSR count). The van der Waals surface area contributed by atoms with Gasteiger partial charge in [0, 0.05) is 13.1 Å². The Hall–Kier alpha value is -3.33. The van der Waals surface area contributed by atoms with E-state index >= 15 is 4.39 Å². The van der Waals surface area contributed by atoms with E-state index in [0.717, 1.165) is 29.0 Å². The minimum Gasteiger partial charge on any atom is -0.481 e. The van der Waals surface area contributed by atoms with Crippen LogP contribution >= 0.6 is 11.6 Å². The van der Waals surface area contributed by atoms with Crippen molar-refractivity contribution in [3.63, 3.8) is 0 Å². The summed E-state index contributed by atoms with van der Waals surface area (Å²) in [5.74, 6) is -1.57. The van der Waals surface area contributed by atoms with Crippen molar-refractivity contribution in [3.05, 3.63) is 78.8 Å². The van der Waals surface area contributed by atoms with Crippen LogP contribution in [-0.2, 0) is 17.8 Å². The van der Waals surface area contributed by atoms with E-state index < -0.39 is 34.9 Å². The molecule has 0 saturated heterocycles. The molecule has 0 fully saturated rings. The molecule has 34 heavy (non-hydrogen) atoms. The highest BCUT2D eigenvalue weighted by atomic mass is 35.5. The number of aryl methyl sites for hydroxylation is 1. The number of benzene rings is 2. The summed E-state index contributed by atoms with van der Waals surface area (Å²) in [4.78, 5) is 39.0. The maximum Gasteiger partial charge on any atom is 0.352 e. The molecule has 0 radical (unpaired) electrons. The predicted molar refractivity (Wildman–Crippen MR) is 123 cm³/mol. The Kier molecular flexibility index (Phi) is 5.20. The molecule has 10 heteroatoms. The summed E-state index contributed by atoms with van der Waals surface area (Å²) in [7, 11) is 0. The lowest BCUT2D eigenvalue weighted by Gasteiger charge is -2.26. The number of rotatable bonds is 3. The lowest BCUT2D eigenvalue weighted by atomic mass is 9.96. The smallest absolute Gasteiger partial charge is 0.352 e. The molecule has 0 bridgehead atoms. The molecule has 0 spiro atoms. The van der Waals surface area contributed by atoms with Gasteiger partial charge in [0.25, 0.3) is 0 Å². The van der Waals surface area contributed by atoms with Crippen molar-refractivity contribution < 1.29 is 18.7 Å². The van der Waals surface area contributed by atoms with Gasteiger partial charge in [0.05, 0.1) is 16.1 Å². The van der Waals surface area contributed by atoms with E-state index in [1.165, 1.54) is 9.36 Å². The van der Waals surface area contributed by atoms with Crippen LogP contribution in [0.15, 0.2) is 39.9 Å². The van der Waals surface area contributed by atoms with Crippen molar-refractivity contribution in [3.8, 4) is 11.4 Å². The average molecular weight is 488 g/mol. The second-order valence-electron chi connectivity index (χ2n) is 9.14. The summed E-state index contributed by atoms with van der Waals surface area (Å²) in [6.45, 7) is 5.96. The Morgan fingerprint density at radius 1 is 1.12 bits per heavy atom. The van der Waals surface area contributed by atoms with Gasteiger partial charge in [-0.1, -0.05) is 29.3 Å². The molecule has 2 aliphatic heterocycles. The van der Waals surface area contributed by atoms with Gasteiger partial charge < -0.3 is 9.47 Å². The first-order chi connectivity index (χ1) is 16.1. The number of nitrogens with zero attached hydrogens (tertiary/aromatic N) is 3. The Balaban J connectivity index is 1.65. The molecule has 0 saturated carbocycles. The largest absolute Gasteiger partial charge is 0.481 e. The van der Waals surface area contributed by atoms with E-state index in [1.54, 1.807) is 38.1 Å². The van der Waals surface area contributed by atoms with Crippen molar-refractivity contribution in [1.82, 2.24) is 13.9 Å². The van der Waals surface area contributed by atoms with Gasteiger partial charge in [-0.2, -0.15) is 0 Å². The number of fused-ring (bicyclic) bond motifs is 2. The third-order valence-electron chi connectivity index (χ3n) is 6.30. The minimum atomic E-state index is -1.14. The quantitative estimate of drug-likeness (QED) is 0.525. The van der Waals surface area contributed by atoms with Crippen LogP contribution < -0.4 is 16.1 Å². The lowest BCUT2D eigenvalue weighted by Crippen LogP contribution is -2.33. The highest BCUT2D eigenvalue weighted by Gasteiger charge is 2.48. The maximum absolute atomic E-state index is 15.3. The molecule has 1 aromatic heterocycles. The van der Waals surface area contributed by atoms with Gasteiger partial charge in [0.15, 0.2) is 17.7 Å². The summed E-state index contributed by atoms with van der Waals surface area (Å²) >= 11 is 6.40. The van der Waals surface area contributed by atoms with Crippen LogP contribution in [0.2, 0.25) is 5.02 Å². The number of ether oxygens (including phenoxy) is 2. The molecular formula is C24H23ClFN3O5. The van der Waals surface area contributed by atoms with Crippen molar-refractivity contribution >= 4 is 17.6 Å². The SMILES string of the molecule is Cc1ccc(C(=O)O[C@H]2c3c(Cl)cc(F)c(-n4c(=O)n5n(c4=O)CCCC5)c3OC2(C)C)cc1. The van der Waals surface area contributed by atoms with Gasteiger partial charge in [-0.05, 0) is 51.8 Å². The van der Waals surface area contributed by atoms with E-state index in [1.807, 2.05) is 6.92 Å².